The van der Waals surface area contributed by atoms with E-state index in [1.807, 2.05) is 36.4 Å². The lowest BCUT2D eigenvalue weighted by Crippen LogP contribution is -2.46. The fourth-order valence-electron chi connectivity index (χ4n) is 2.51. The van der Waals surface area contributed by atoms with Crippen LogP contribution in [0.15, 0.2) is 53.4 Å². The van der Waals surface area contributed by atoms with E-state index in [2.05, 4.69) is 5.32 Å². The maximum atomic E-state index is 12.8. The zero-order valence-corrected chi connectivity index (χ0v) is 17.6. The third-order valence-electron chi connectivity index (χ3n) is 4.08. The average Bonchev–Trinajstić information content (AvgIpc) is 2.67. The van der Waals surface area contributed by atoms with E-state index in [9.17, 15) is 9.59 Å². The van der Waals surface area contributed by atoms with E-state index in [0.717, 1.165) is 10.5 Å². The number of halogens is 2. The normalized spacial score (nSPS) is 11.7. The van der Waals surface area contributed by atoms with E-state index in [-0.39, 0.29) is 11.8 Å². The summed E-state index contributed by atoms with van der Waals surface area (Å²) < 4.78 is 0. The lowest BCUT2D eigenvalue weighted by Gasteiger charge is -2.28. The summed E-state index contributed by atoms with van der Waals surface area (Å²) in [5.74, 6) is 0.364. The van der Waals surface area contributed by atoms with E-state index in [1.54, 1.807) is 42.8 Å². The number of hydrogen-bond donors (Lipinski definition) is 1. The highest BCUT2D eigenvalue weighted by Crippen LogP contribution is 2.22. The van der Waals surface area contributed by atoms with Gasteiger partial charge in [0.1, 0.15) is 6.04 Å². The molecule has 1 atom stereocenters. The minimum absolute atomic E-state index is 0.0671. The Labute approximate surface area is 174 Å². The van der Waals surface area contributed by atoms with Crippen molar-refractivity contribution >= 4 is 46.8 Å². The Kier molecular flexibility index (Phi) is 8.48. The van der Waals surface area contributed by atoms with E-state index in [1.165, 1.54) is 0 Å². The average molecular weight is 425 g/mol. The van der Waals surface area contributed by atoms with Gasteiger partial charge in [-0.1, -0.05) is 35.3 Å². The van der Waals surface area contributed by atoms with Crippen LogP contribution < -0.4 is 5.32 Å². The molecule has 0 spiro atoms. The van der Waals surface area contributed by atoms with E-state index < -0.39 is 6.04 Å². The molecule has 0 aliphatic rings. The highest BCUT2D eigenvalue weighted by atomic mass is 35.5. The van der Waals surface area contributed by atoms with E-state index in [0.29, 0.717) is 28.8 Å². The monoisotopic (exact) mass is 424 g/mol. The summed E-state index contributed by atoms with van der Waals surface area (Å²) in [6, 6.07) is 14.2. The minimum Gasteiger partial charge on any atom is -0.357 e. The van der Waals surface area contributed by atoms with Crippen LogP contribution in [0.5, 0.6) is 0 Å². The van der Waals surface area contributed by atoms with Gasteiger partial charge in [-0.3, -0.25) is 9.59 Å². The van der Waals surface area contributed by atoms with Gasteiger partial charge in [0.2, 0.25) is 11.8 Å². The number of thioether (sulfide) groups is 1. The second-order valence-corrected chi connectivity index (χ2v) is 8.03. The maximum absolute atomic E-state index is 12.8. The first-order valence-corrected chi connectivity index (χ1v) is 10.3. The summed E-state index contributed by atoms with van der Waals surface area (Å²) in [5.41, 5.74) is 0.925. The van der Waals surface area contributed by atoms with Gasteiger partial charge in [0.25, 0.3) is 0 Å². The van der Waals surface area contributed by atoms with Crippen LogP contribution in [-0.4, -0.2) is 35.6 Å². The first-order chi connectivity index (χ1) is 12.9. The van der Waals surface area contributed by atoms with Crippen molar-refractivity contribution in [3.63, 3.8) is 0 Å². The lowest BCUT2D eigenvalue weighted by molar-refractivity contribution is -0.140. The molecule has 7 heteroatoms. The molecule has 2 aromatic rings. The molecule has 0 heterocycles. The van der Waals surface area contributed by atoms with E-state index in [4.69, 9.17) is 23.2 Å². The molecule has 0 radical (unpaired) electrons. The summed E-state index contributed by atoms with van der Waals surface area (Å²) in [6.07, 6.45) is 0.336. The number of amides is 2. The third kappa shape index (κ3) is 6.76. The number of likely N-dealkylation sites (N-methyl/N-ethyl adjacent to an activating group) is 1. The van der Waals surface area contributed by atoms with Crippen LogP contribution in [0.3, 0.4) is 0 Å². The smallest absolute Gasteiger partial charge is 0.242 e. The van der Waals surface area contributed by atoms with Crippen molar-refractivity contribution < 1.29 is 9.59 Å². The first-order valence-electron chi connectivity index (χ1n) is 8.54. The predicted molar refractivity (Wildman–Crippen MR) is 112 cm³/mol. The number of rotatable bonds is 8. The lowest BCUT2D eigenvalue weighted by atomic mass is 10.1. The molecule has 2 rings (SSSR count). The van der Waals surface area contributed by atoms with Crippen molar-refractivity contribution in [2.24, 2.45) is 0 Å². The van der Waals surface area contributed by atoms with Crippen LogP contribution in [0.1, 0.15) is 18.9 Å². The number of nitrogens with one attached hydrogen (secondary N) is 1. The number of hydrogen-bond acceptors (Lipinski definition) is 3. The van der Waals surface area contributed by atoms with Crippen LogP contribution >= 0.6 is 35.0 Å². The van der Waals surface area contributed by atoms with Crippen LogP contribution in [-0.2, 0) is 16.1 Å². The summed E-state index contributed by atoms with van der Waals surface area (Å²) in [6.45, 7) is 2.09. The molecular weight excluding hydrogens is 403 g/mol. The highest BCUT2D eigenvalue weighted by Gasteiger charge is 2.25. The topological polar surface area (TPSA) is 49.4 Å². The van der Waals surface area contributed by atoms with Gasteiger partial charge in [-0.25, -0.2) is 0 Å². The summed E-state index contributed by atoms with van der Waals surface area (Å²) in [5, 5.41) is 3.93. The Morgan fingerprint density at radius 3 is 2.15 bits per heavy atom. The van der Waals surface area contributed by atoms with Crippen LogP contribution in [0, 0.1) is 0 Å². The zero-order chi connectivity index (χ0) is 19.8. The van der Waals surface area contributed by atoms with Gasteiger partial charge in [0.15, 0.2) is 0 Å². The molecule has 144 valence electrons. The number of benzene rings is 2. The second-order valence-electron chi connectivity index (χ2n) is 5.99. The SMILES string of the molecule is CNC(=O)[C@H](C)N(Cc1ccc(Cl)cc1)C(=O)CCSc1ccc(Cl)cc1. The molecule has 0 saturated carbocycles. The van der Waals surface area contributed by atoms with Gasteiger partial charge in [-0.05, 0) is 48.9 Å². The number of carbonyl (C=O) groups excluding carboxylic acids is 2. The third-order valence-corrected chi connectivity index (χ3v) is 5.60. The molecule has 2 amide bonds. The summed E-state index contributed by atoms with van der Waals surface area (Å²) in [7, 11) is 1.57. The van der Waals surface area contributed by atoms with Crippen LogP contribution in [0.25, 0.3) is 0 Å². The van der Waals surface area contributed by atoms with Gasteiger partial charge in [-0.15, -0.1) is 11.8 Å². The molecule has 0 fully saturated rings. The molecule has 0 aromatic heterocycles. The molecule has 0 aliphatic heterocycles. The quantitative estimate of drug-likeness (QED) is 0.627. The van der Waals surface area contributed by atoms with Crippen LogP contribution in [0.4, 0.5) is 0 Å². The maximum Gasteiger partial charge on any atom is 0.242 e. The molecule has 0 bridgehead atoms. The number of carbonyl (C=O) groups is 2. The summed E-state index contributed by atoms with van der Waals surface area (Å²) >= 11 is 13.4. The predicted octanol–water partition coefficient (Wildman–Crippen LogP) is 4.64. The molecular formula is C20H22Cl2N2O2S. The molecule has 1 N–H and O–H groups in total. The van der Waals surface area contributed by atoms with Gasteiger partial charge in [-0.2, -0.15) is 0 Å². The Balaban J connectivity index is 2.02. The van der Waals surface area contributed by atoms with E-state index >= 15 is 0 Å². The fourth-order valence-corrected chi connectivity index (χ4v) is 3.60. The van der Waals surface area contributed by atoms with Crippen molar-refractivity contribution in [3.8, 4) is 0 Å². The molecule has 0 unspecified atom stereocenters. The Bertz CT molecular complexity index is 767. The van der Waals surface area contributed by atoms with Crippen LogP contribution in [0.2, 0.25) is 10.0 Å². The van der Waals surface area contributed by atoms with Gasteiger partial charge < -0.3 is 10.2 Å². The Morgan fingerprint density at radius 1 is 1.04 bits per heavy atom. The van der Waals surface area contributed by atoms with Crippen molar-refractivity contribution in [2.75, 3.05) is 12.8 Å². The van der Waals surface area contributed by atoms with Gasteiger partial charge in [0.05, 0.1) is 0 Å². The Morgan fingerprint density at radius 2 is 1.59 bits per heavy atom. The summed E-state index contributed by atoms with van der Waals surface area (Å²) in [4.78, 5) is 27.5. The van der Waals surface area contributed by atoms with Crippen molar-refractivity contribution in [2.45, 2.75) is 30.8 Å². The standard InChI is InChI=1S/C20H22Cl2N2O2S/c1-14(20(26)23-2)24(13-15-3-5-16(21)6-4-15)19(25)11-12-27-18-9-7-17(22)8-10-18/h3-10,14H,11-13H2,1-2H3,(H,23,26)/t14-/m0/s1. The molecule has 0 saturated heterocycles. The number of nitrogens with zero attached hydrogens (tertiary/aromatic N) is 1. The molecule has 4 nitrogen and oxygen atoms in total. The second kappa shape index (κ2) is 10.6. The minimum atomic E-state index is -0.557. The highest BCUT2D eigenvalue weighted by molar-refractivity contribution is 7.99. The zero-order valence-electron chi connectivity index (χ0n) is 15.2. The van der Waals surface area contributed by atoms with Crippen molar-refractivity contribution in [1.29, 1.82) is 0 Å². The molecule has 27 heavy (non-hydrogen) atoms. The fraction of sp³-hybridized carbons (Fsp3) is 0.300. The van der Waals surface area contributed by atoms with Crippen molar-refractivity contribution in [3.05, 3.63) is 64.1 Å². The largest absolute Gasteiger partial charge is 0.357 e. The Hall–Kier alpha value is -1.69. The molecule has 0 aliphatic carbocycles. The van der Waals surface area contributed by atoms with Gasteiger partial charge in [0, 0.05) is 40.7 Å². The van der Waals surface area contributed by atoms with Gasteiger partial charge >= 0.3 is 0 Å². The first kappa shape index (κ1) is 21.6. The van der Waals surface area contributed by atoms with Crippen molar-refractivity contribution in [1.82, 2.24) is 10.2 Å². The molecule has 2 aromatic carbocycles.